The van der Waals surface area contributed by atoms with E-state index in [-0.39, 0.29) is 19.3 Å². The molecule has 116 valence electrons. The van der Waals surface area contributed by atoms with Crippen molar-refractivity contribution in [3.63, 3.8) is 0 Å². The van der Waals surface area contributed by atoms with Crippen molar-refractivity contribution in [1.29, 1.82) is 0 Å². The van der Waals surface area contributed by atoms with Crippen molar-refractivity contribution in [3.05, 3.63) is 12.7 Å². The molecule has 8 heteroatoms. The first-order valence-corrected chi connectivity index (χ1v) is 5.82. The van der Waals surface area contributed by atoms with Gasteiger partial charge in [-0.2, -0.15) is 8.78 Å². The van der Waals surface area contributed by atoms with Crippen LogP contribution in [0.15, 0.2) is 12.7 Å². The van der Waals surface area contributed by atoms with Gasteiger partial charge in [0.1, 0.15) is 6.10 Å². The van der Waals surface area contributed by atoms with Crippen LogP contribution in [0.5, 0.6) is 0 Å². The zero-order chi connectivity index (χ0) is 15.8. The van der Waals surface area contributed by atoms with Gasteiger partial charge in [0.05, 0.1) is 0 Å². The Morgan fingerprint density at radius 3 is 2.30 bits per heavy atom. The predicted octanol–water partition coefficient (Wildman–Crippen LogP) is 2.72. The second-order valence-electron chi connectivity index (χ2n) is 4.01. The van der Waals surface area contributed by atoms with E-state index in [9.17, 15) is 27.2 Å². The number of rotatable bonds is 9. The smallest absolute Gasteiger partial charge is 0.340 e. The third-order valence-corrected chi connectivity index (χ3v) is 2.16. The van der Waals surface area contributed by atoms with Gasteiger partial charge in [0, 0.05) is 12.8 Å². The Hall–Kier alpha value is -1.60. The summed E-state index contributed by atoms with van der Waals surface area (Å²) in [5.74, 6) is -6.02. The summed E-state index contributed by atoms with van der Waals surface area (Å²) in [7, 11) is 0. The largest absolute Gasteiger partial charge is 0.459 e. The molecule has 0 bridgehead atoms. The molecule has 0 aromatic carbocycles. The summed E-state index contributed by atoms with van der Waals surface area (Å²) in [5.41, 5.74) is 0. The molecule has 0 saturated carbocycles. The van der Waals surface area contributed by atoms with Gasteiger partial charge < -0.3 is 9.47 Å². The van der Waals surface area contributed by atoms with Crippen molar-refractivity contribution >= 4 is 11.9 Å². The molecule has 0 saturated heterocycles. The SMILES string of the molecule is C=CC(C)OC(=O)CCCC(=O)OCC(F)(F)C(F)F. The first kappa shape index (κ1) is 18.4. The van der Waals surface area contributed by atoms with Gasteiger partial charge in [-0.05, 0) is 13.3 Å². The van der Waals surface area contributed by atoms with E-state index in [0.717, 1.165) is 0 Å². The van der Waals surface area contributed by atoms with Gasteiger partial charge >= 0.3 is 24.3 Å². The minimum absolute atomic E-state index is 0.0157. The van der Waals surface area contributed by atoms with E-state index in [4.69, 9.17) is 4.74 Å². The molecule has 0 heterocycles. The molecule has 0 spiro atoms. The second kappa shape index (κ2) is 8.55. The van der Waals surface area contributed by atoms with Crippen LogP contribution in [0.3, 0.4) is 0 Å². The van der Waals surface area contributed by atoms with Gasteiger partial charge in [-0.25, -0.2) is 8.78 Å². The maximum absolute atomic E-state index is 12.4. The van der Waals surface area contributed by atoms with Crippen LogP contribution in [-0.4, -0.2) is 37.0 Å². The maximum atomic E-state index is 12.4. The number of halogens is 4. The van der Waals surface area contributed by atoms with Crippen LogP contribution >= 0.6 is 0 Å². The Kier molecular flexibility index (Phi) is 7.86. The number of ether oxygens (including phenoxy) is 2. The van der Waals surface area contributed by atoms with Gasteiger partial charge in [-0.3, -0.25) is 9.59 Å². The highest BCUT2D eigenvalue weighted by atomic mass is 19.3. The van der Waals surface area contributed by atoms with E-state index in [0.29, 0.717) is 0 Å². The third-order valence-electron chi connectivity index (χ3n) is 2.16. The van der Waals surface area contributed by atoms with Crippen molar-refractivity contribution in [2.24, 2.45) is 0 Å². The summed E-state index contributed by atoms with van der Waals surface area (Å²) in [6.07, 6.45) is -3.40. The highest BCUT2D eigenvalue weighted by Gasteiger charge is 2.42. The van der Waals surface area contributed by atoms with Crippen molar-refractivity contribution in [2.75, 3.05) is 6.61 Å². The number of carbonyl (C=O) groups is 2. The van der Waals surface area contributed by atoms with Crippen LogP contribution in [0, 0.1) is 0 Å². The molecule has 0 amide bonds. The fourth-order valence-electron chi connectivity index (χ4n) is 1.00. The van der Waals surface area contributed by atoms with E-state index in [2.05, 4.69) is 11.3 Å². The molecule has 0 radical (unpaired) electrons. The molecule has 0 aliphatic carbocycles. The molecule has 0 aliphatic rings. The van der Waals surface area contributed by atoms with E-state index in [1.807, 2.05) is 0 Å². The van der Waals surface area contributed by atoms with Crippen LogP contribution in [0.2, 0.25) is 0 Å². The molecule has 1 unspecified atom stereocenters. The van der Waals surface area contributed by atoms with Crippen LogP contribution < -0.4 is 0 Å². The van der Waals surface area contributed by atoms with Crippen molar-refractivity contribution < 1.29 is 36.6 Å². The number of hydrogen-bond donors (Lipinski definition) is 0. The highest BCUT2D eigenvalue weighted by Crippen LogP contribution is 2.23. The lowest BCUT2D eigenvalue weighted by Crippen LogP contribution is -2.33. The zero-order valence-corrected chi connectivity index (χ0v) is 10.9. The molecule has 20 heavy (non-hydrogen) atoms. The summed E-state index contributed by atoms with van der Waals surface area (Å²) in [6.45, 7) is 3.31. The van der Waals surface area contributed by atoms with E-state index in [1.165, 1.54) is 6.08 Å². The van der Waals surface area contributed by atoms with Crippen molar-refractivity contribution in [3.8, 4) is 0 Å². The Morgan fingerprint density at radius 1 is 1.25 bits per heavy atom. The van der Waals surface area contributed by atoms with Crippen LogP contribution in [-0.2, 0) is 19.1 Å². The first-order valence-electron chi connectivity index (χ1n) is 5.82. The number of hydrogen-bond acceptors (Lipinski definition) is 4. The van der Waals surface area contributed by atoms with Gasteiger partial charge in [0.15, 0.2) is 6.61 Å². The van der Waals surface area contributed by atoms with Crippen molar-refractivity contribution in [2.45, 2.75) is 44.6 Å². The minimum atomic E-state index is -4.37. The Balaban J connectivity index is 3.84. The van der Waals surface area contributed by atoms with Crippen molar-refractivity contribution in [1.82, 2.24) is 0 Å². The molecule has 0 aliphatic heterocycles. The quantitative estimate of drug-likeness (QED) is 0.373. The zero-order valence-electron chi connectivity index (χ0n) is 10.9. The van der Waals surface area contributed by atoms with E-state index < -0.39 is 37.0 Å². The molecule has 1 atom stereocenters. The lowest BCUT2D eigenvalue weighted by Gasteiger charge is -2.14. The number of alkyl halides is 4. The molecule has 0 aromatic rings. The second-order valence-corrected chi connectivity index (χ2v) is 4.01. The average Bonchev–Trinajstić information content (AvgIpc) is 2.36. The summed E-state index contributed by atoms with van der Waals surface area (Å²) < 4.78 is 57.2. The Bertz CT molecular complexity index is 344. The monoisotopic (exact) mass is 300 g/mol. The Morgan fingerprint density at radius 2 is 1.80 bits per heavy atom. The fourth-order valence-corrected chi connectivity index (χ4v) is 1.00. The summed E-state index contributed by atoms with van der Waals surface area (Å²) in [4.78, 5) is 22.2. The van der Waals surface area contributed by atoms with E-state index in [1.54, 1.807) is 6.92 Å². The highest BCUT2D eigenvalue weighted by molar-refractivity contribution is 5.72. The Labute approximate surface area is 113 Å². The van der Waals surface area contributed by atoms with E-state index >= 15 is 0 Å². The average molecular weight is 300 g/mol. The summed E-state index contributed by atoms with van der Waals surface area (Å²) in [6, 6.07) is 0. The molecule has 0 fully saturated rings. The van der Waals surface area contributed by atoms with Gasteiger partial charge in [0.2, 0.25) is 0 Å². The normalized spacial score (nSPS) is 12.9. The van der Waals surface area contributed by atoms with Gasteiger partial charge in [-0.1, -0.05) is 12.7 Å². The standard InChI is InChI=1S/C12H16F4O4/c1-3-8(2)20-10(18)6-4-5-9(17)19-7-12(15,16)11(13)14/h3,8,11H,1,4-7H2,2H3. The first-order chi connectivity index (χ1) is 9.19. The predicted molar refractivity (Wildman–Crippen MR) is 61.5 cm³/mol. The van der Waals surface area contributed by atoms with Crippen LogP contribution in [0.1, 0.15) is 26.2 Å². The summed E-state index contributed by atoms with van der Waals surface area (Å²) in [5, 5.41) is 0. The number of esters is 2. The summed E-state index contributed by atoms with van der Waals surface area (Å²) >= 11 is 0. The molecule has 0 aromatic heterocycles. The molecule has 0 rings (SSSR count). The topological polar surface area (TPSA) is 52.6 Å². The molecular weight excluding hydrogens is 284 g/mol. The van der Waals surface area contributed by atoms with Gasteiger partial charge in [0.25, 0.3) is 0 Å². The minimum Gasteiger partial charge on any atom is -0.459 e. The van der Waals surface area contributed by atoms with Gasteiger partial charge in [-0.15, -0.1) is 0 Å². The maximum Gasteiger partial charge on any atom is 0.340 e. The molecule has 0 N–H and O–H groups in total. The fraction of sp³-hybridized carbons (Fsp3) is 0.667. The van der Waals surface area contributed by atoms with Crippen LogP contribution in [0.25, 0.3) is 0 Å². The number of carbonyl (C=O) groups excluding carboxylic acids is 2. The third kappa shape index (κ3) is 7.75. The lowest BCUT2D eigenvalue weighted by atomic mass is 10.2. The lowest BCUT2D eigenvalue weighted by molar-refractivity contribution is -0.179. The molecule has 4 nitrogen and oxygen atoms in total. The molecular formula is C12H16F4O4. The van der Waals surface area contributed by atoms with Crippen LogP contribution in [0.4, 0.5) is 17.6 Å².